The van der Waals surface area contributed by atoms with Crippen molar-refractivity contribution in [2.24, 2.45) is 11.8 Å². The van der Waals surface area contributed by atoms with Gasteiger partial charge in [-0.05, 0) is 74.8 Å². The lowest BCUT2D eigenvalue weighted by molar-refractivity contribution is -0.165. The van der Waals surface area contributed by atoms with E-state index in [0.29, 0.717) is 24.0 Å². The smallest absolute Gasteiger partial charge is 0.346 e. The van der Waals surface area contributed by atoms with Gasteiger partial charge in [0.2, 0.25) is 0 Å². The van der Waals surface area contributed by atoms with E-state index in [0.717, 1.165) is 56.9 Å². The topological polar surface area (TPSA) is 102 Å². The van der Waals surface area contributed by atoms with E-state index in [1.165, 1.54) is 19.6 Å². The number of benzene rings is 1. The third-order valence-corrected chi connectivity index (χ3v) is 7.39. The highest BCUT2D eigenvalue weighted by molar-refractivity contribution is 5.79. The third kappa shape index (κ3) is 6.72. The fraction of sp³-hybridized carbons (Fsp3) is 0.704. The molecule has 0 amide bonds. The molecular weight excluding hydrogens is 436 g/mol. The molecule has 7 heteroatoms. The summed E-state index contributed by atoms with van der Waals surface area (Å²) in [5, 5.41) is 21.0. The van der Waals surface area contributed by atoms with Crippen molar-refractivity contribution in [1.82, 2.24) is 0 Å². The first kappa shape index (κ1) is 26.5. The first-order chi connectivity index (χ1) is 16.3. The van der Waals surface area contributed by atoms with Gasteiger partial charge in [-0.25, -0.2) is 9.59 Å². The van der Waals surface area contributed by atoms with E-state index >= 15 is 0 Å². The van der Waals surface area contributed by atoms with E-state index in [2.05, 4.69) is 17.7 Å². The van der Waals surface area contributed by atoms with Gasteiger partial charge in [0.1, 0.15) is 5.75 Å². The van der Waals surface area contributed by atoms with Gasteiger partial charge in [0, 0.05) is 5.56 Å². The summed E-state index contributed by atoms with van der Waals surface area (Å²) in [6, 6.07) is 5.90. The van der Waals surface area contributed by atoms with Gasteiger partial charge in [0.25, 0.3) is 0 Å². The molecule has 0 spiro atoms. The fourth-order valence-corrected chi connectivity index (χ4v) is 5.75. The molecular formula is C27H40O7. The number of ether oxygens (including phenoxy) is 3. The van der Waals surface area contributed by atoms with Gasteiger partial charge in [0.15, 0.2) is 12.7 Å². The van der Waals surface area contributed by atoms with E-state index in [1.54, 1.807) is 0 Å². The van der Waals surface area contributed by atoms with Gasteiger partial charge < -0.3 is 24.4 Å². The molecule has 6 atom stereocenters. The zero-order valence-corrected chi connectivity index (χ0v) is 20.7. The number of rotatable bonds is 12. The molecule has 1 aromatic carbocycles. The maximum absolute atomic E-state index is 12.2. The summed E-state index contributed by atoms with van der Waals surface area (Å²) < 4.78 is 15.6. The van der Waals surface area contributed by atoms with E-state index in [4.69, 9.17) is 9.47 Å². The van der Waals surface area contributed by atoms with Gasteiger partial charge in [-0.3, -0.25) is 0 Å². The zero-order chi connectivity index (χ0) is 24.7. The van der Waals surface area contributed by atoms with Crippen LogP contribution in [0.3, 0.4) is 0 Å². The van der Waals surface area contributed by atoms with Gasteiger partial charge >= 0.3 is 11.9 Å². The molecule has 0 radical (unpaired) electrons. The minimum atomic E-state index is -0.992. The highest BCUT2D eigenvalue weighted by Crippen LogP contribution is 2.52. The SMILES string of the molecule is CCCCCC(O)CCC1c2c(cccc2OCC(=O)OC(C)C(=O)OC)CC2CC(O)CC21. The van der Waals surface area contributed by atoms with Crippen LogP contribution in [0.5, 0.6) is 5.75 Å². The molecule has 34 heavy (non-hydrogen) atoms. The van der Waals surface area contributed by atoms with E-state index in [-0.39, 0.29) is 24.7 Å². The van der Waals surface area contributed by atoms with E-state index in [1.807, 2.05) is 12.1 Å². The van der Waals surface area contributed by atoms with Crippen molar-refractivity contribution < 1.29 is 34.0 Å². The molecule has 2 aliphatic carbocycles. The van der Waals surface area contributed by atoms with Crippen molar-refractivity contribution in [2.75, 3.05) is 13.7 Å². The zero-order valence-electron chi connectivity index (χ0n) is 20.7. The lowest BCUT2D eigenvalue weighted by Gasteiger charge is -2.37. The maximum Gasteiger partial charge on any atom is 0.346 e. The summed E-state index contributed by atoms with van der Waals surface area (Å²) in [4.78, 5) is 23.8. The molecule has 0 aliphatic heterocycles. The summed E-state index contributed by atoms with van der Waals surface area (Å²) >= 11 is 0. The molecule has 0 saturated heterocycles. The highest BCUT2D eigenvalue weighted by Gasteiger charge is 2.44. The number of methoxy groups -OCH3 is 1. The Morgan fingerprint density at radius 3 is 2.71 bits per heavy atom. The molecule has 1 fully saturated rings. The number of aliphatic hydroxyl groups excluding tert-OH is 2. The minimum absolute atomic E-state index is 0.160. The number of carbonyl (C=O) groups excluding carboxylic acids is 2. The molecule has 1 aromatic rings. The molecule has 6 unspecified atom stereocenters. The van der Waals surface area contributed by atoms with Gasteiger partial charge in [0.05, 0.1) is 19.3 Å². The van der Waals surface area contributed by atoms with Crippen LogP contribution in [0.2, 0.25) is 0 Å². The largest absolute Gasteiger partial charge is 0.482 e. The van der Waals surface area contributed by atoms with Crippen LogP contribution < -0.4 is 4.74 Å². The number of fused-ring (bicyclic) bond motifs is 2. The van der Waals surface area contributed by atoms with Crippen LogP contribution in [-0.4, -0.2) is 54.2 Å². The van der Waals surface area contributed by atoms with Crippen molar-refractivity contribution in [3.05, 3.63) is 29.3 Å². The Labute approximate surface area is 202 Å². The molecule has 0 bridgehead atoms. The van der Waals surface area contributed by atoms with Gasteiger partial charge in [-0.2, -0.15) is 0 Å². The van der Waals surface area contributed by atoms with Crippen molar-refractivity contribution in [2.45, 2.75) is 95.9 Å². The second-order valence-electron chi connectivity index (χ2n) is 9.86. The van der Waals surface area contributed by atoms with E-state index in [9.17, 15) is 19.8 Å². The average molecular weight is 477 g/mol. The quantitative estimate of drug-likeness (QED) is 0.348. The first-order valence-corrected chi connectivity index (χ1v) is 12.7. The monoisotopic (exact) mass is 476 g/mol. The summed E-state index contributed by atoms with van der Waals surface area (Å²) in [6.45, 7) is 3.31. The lowest BCUT2D eigenvalue weighted by Crippen LogP contribution is -2.29. The van der Waals surface area contributed by atoms with Crippen molar-refractivity contribution in [3.63, 3.8) is 0 Å². The highest BCUT2D eigenvalue weighted by atomic mass is 16.6. The standard InChI is InChI=1S/C27H40O7/c1-4-5-6-9-20(28)11-12-22-23-15-21(29)14-19(23)13-18-8-7-10-24(26(18)22)33-16-25(30)34-17(2)27(31)32-3/h7-8,10,17,19-23,28-29H,4-6,9,11-16H2,1-3H3. The van der Waals surface area contributed by atoms with Crippen molar-refractivity contribution in [1.29, 1.82) is 0 Å². The van der Waals surface area contributed by atoms with Crippen LogP contribution in [0.25, 0.3) is 0 Å². The number of aliphatic hydroxyl groups is 2. The molecule has 0 aromatic heterocycles. The van der Waals surface area contributed by atoms with Crippen LogP contribution >= 0.6 is 0 Å². The second-order valence-corrected chi connectivity index (χ2v) is 9.86. The average Bonchev–Trinajstić information content (AvgIpc) is 3.19. The van der Waals surface area contributed by atoms with Gasteiger partial charge in [-0.15, -0.1) is 0 Å². The number of hydrogen-bond donors (Lipinski definition) is 2. The lowest BCUT2D eigenvalue weighted by atomic mass is 9.68. The summed E-state index contributed by atoms with van der Waals surface area (Å²) in [6.07, 6.45) is 6.46. The second kappa shape index (κ2) is 12.5. The molecule has 7 nitrogen and oxygen atoms in total. The number of carbonyl (C=O) groups is 2. The molecule has 3 rings (SSSR count). The van der Waals surface area contributed by atoms with Crippen molar-refractivity contribution in [3.8, 4) is 5.75 Å². The van der Waals surface area contributed by atoms with Crippen LogP contribution in [-0.2, 0) is 25.5 Å². The Balaban J connectivity index is 1.73. The Bertz CT molecular complexity index is 823. The van der Waals surface area contributed by atoms with E-state index < -0.39 is 18.0 Å². The van der Waals surface area contributed by atoms with Crippen LogP contribution in [0.1, 0.15) is 82.3 Å². The number of esters is 2. The molecule has 0 heterocycles. The number of unbranched alkanes of at least 4 members (excludes halogenated alkanes) is 2. The van der Waals surface area contributed by atoms with Crippen molar-refractivity contribution >= 4 is 11.9 Å². The van der Waals surface area contributed by atoms with Crippen LogP contribution in [0.4, 0.5) is 0 Å². The first-order valence-electron chi connectivity index (χ1n) is 12.7. The summed E-state index contributed by atoms with van der Waals surface area (Å²) in [5.74, 6) is 0.308. The Morgan fingerprint density at radius 2 is 1.97 bits per heavy atom. The minimum Gasteiger partial charge on any atom is -0.482 e. The van der Waals surface area contributed by atoms with Crippen LogP contribution in [0, 0.1) is 11.8 Å². The Kier molecular flexibility index (Phi) is 9.77. The van der Waals surface area contributed by atoms with Gasteiger partial charge in [-0.1, -0.05) is 38.3 Å². The molecule has 1 saturated carbocycles. The normalized spacial score (nSPS) is 25.1. The maximum atomic E-state index is 12.2. The summed E-state index contributed by atoms with van der Waals surface area (Å²) in [5.41, 5.74) is 2.28. The molecule has 2 aliphatic rings. The molecule has 190 valence electrons. The third-order valence-electron chi connectivity index (χ3n) is 7.39. The molecule has 2 N–H and O–H groups in total. The Morgan fingerprint density at radius 1 is 1.18 bits per heavy atom. The summed E-state index contributed by atoms with van der Waals surface area (Å²) in [7, 11) is 1.24. The Hall–Kier alpha value is -2.12. The number of hydrogen-bond acceptors (Lipinski definition) is 7. The van der Waals surface area contributed by atoms with Crippen LogP contribution in [0.15, 0.2) is 18.2 Å². The predicted octanol–water partition coefficient (Wildman–Crippen LogP) is 3.92. The fourth-order valence-electron chi connectivity index (χ4n) is 5.75. The predicted molar refractivity (Wildman–Crippen MR) is 128 cm³/mol.